The van der Waals surface area contributed by atoms with Gasteiger partial charge in [0.15, 0.2) is 11.5 Å². The van der Waals surface area contributed by atoms with Crippen LogP contribution in [0.25, 0.3) is 10.9 Å². The molecule has 0 fully saturated rings. The standard InChI is InChI=1S/C25H30F3N3O4/c1-6-16(12-33-4)35-22-10-18-20(11-21(22)34-5)30-15(3)31-24(18)29-14(2)17-8-7-9-19(23(17)26)25(27,28)13-32/h7-11,14,16,32H,6,12-13H2,1-5H3,(H,29,30,31)/t14-,16?/m1/s1. The van der Waals surface area contributed by atoms with Crippen LogP contribution in [0.5, 0.6) is 11.5 Å². The van der Waals surface area contributed by atoms with E-state index in [1.165, 1.54) is 19.2 Å². The molecule has 0 spiro atoms. The van der Waals surface area contributed by atoms with Gasteiger partial charge < -0.3 is 24.6 Å². The number of aromatic nitrogens is 2. The van der Waals surface area contributed by atoms with Crippen molar-refractivity contribution in [1.82, 2.24) is 9.97 Å². The lowest BCUT2D eigenvalue weighted by atomic mass is 10.00. The highest BCUT2D eigenvalue weighted by molar-refractivity contribution is 5.92. The molecule has 0 saturated carbocycles. The number of nitrogens with one attached hydrogen (secondary N) is 1. The minimum atomic E-state index is -3.70. The summed E-state index contributed by atoms with van der Waals surface area (Å²) in [7, 11) is 3.12. The first-order chi connectivity index (χ1) is 16.6. The number of aliphatic hydroxyl groups is 1. The maximum atomic E-state index is 15.0. The molecule has 0 amide bonds. The molecule has 10 heteroatoms. The van der Waals surface area contributed by atoms with Gasteiger partial charge in [0.25, 0.3) is 5.92 Å². The predicted molar refractivity (Wildman–Crippen MR) is 127 cm³/mol. The van der Waals surface area contributed by atoms with Gasteiger partial charge in [-0.05, 0) is 32.4 Å². The second-order valence-electron chi connectivity index (χ2n) is 8.18. The molecule has 3 rings (SSSR count). The van der Waals surface area contributed by atoms with Crippen LogP contribution >= 0.6 is 0 Å². The number of alkyl halides is 2. The number of fused-ring (bicyclic) bond motifs is 1. The van der Waals surface area contributed by atoms with Gasteiger partial charge in [-0.2, -0.15) is 8.78 Å². The van der Waals surface area contributed by atoms with Gasteiger partial charge in [-0.1, -0.05) is 19.1 Å². The Labute approximate surface area is 202 Å². The summed E-state index contributed by atoms with van der Waals surface area (Å²) in [6, 6.07) is 6.42. The van der Waals surface area contributed by atoms with Gasteiger partial charge in [0.05, 0.1) is 30.8 Å². The zero-order chi connectivity index (χ0) is 25.8. The van der Waals surface area contributed by atoms with E-state index < -0.39 is 30.0 Å². The number of halogens is 3. The average molecular weight is 494 g/mol. The van der Waals surface area contributed by atoms with E-state index in [4.69, 9.17) is 19.3 Å². The molecular formula is C25H30F3N3O4. The fourth-order valence-electron chi connectivity index (χ4n) is 3.75. The van der Waals surface area contributed by atoms with E-state index >= 15 is 4.39 Å². The first-order valence-corrected chi connectivity index (χ1v) is 11.2. The van der Waals surface area contributed by atoms with Crippen LogP contribution in [-0.2, 0) is 10.7 Å². The Hall–Kier alpha value is -3.11. The minimum Gasteiger partial charge on any atom is -0.493 e. The number of ether oxygens (including phenoxy) is 3. The van der Waals surface area contributed by atoms with Gasteiger partial charge in [-0.25, -0.2) is 14.4 Å². The van der Waals surface area contributed by atoms with Crippen molar-refractivity contribution in [3.05, 3.63) is 53.1 Å². The molecule has 2 N–H and O–H groups in total. The van der Waals surface area contributed by atoms with Crippen molar-refractivity contribution in [1.29, 1.82) is 0 Å². The van der Waals surface area contributed by atoms with Crippen molar-refractivity contribution in [3.63, 3.8) is 0 Å². The summed E-state index contributed by atoms with van der Waals surface area (Å²) < 4.78 is 59.8. The molecule has 7 nitrogen and oxygen atoms in total. The molecule has 190 valence electrons. The Kier molecular flexibility index (Phi) is 8.39. The fraction of sp³-hybridized carbons (Fsp3) is 0.440. The largest absolute Gasteiger partial charge is 0.493 e. The quantitative estimate of drug-likeness (QED) is 0.382. The summed E-state index contributed by atoms with van der Waals surface area (Å²) in [6.07, 6.45) is 0.494. The van der Waals surface area contributed by atoms with Gasteiger partial charge in [-0.3, -0.25) is 0 Å². The summed E-state index contributed by atoms with van der Waals surface area (Å²) in [6.45, 7) is 4.22. The SMILES string of the molecule is CCC(COC)Oc1cc2c(N[C@H](C)c3cccc(C(F)(F)CO)c3F)nc(C)nc2cc1OC. The van der Waals surface area contributed by atoms with Crippen LogP contribution in [0, 0.1) is 12.7 Å². The van der Waals surface area contributed by atoms with E-state index in [1.54, 1.807) is 33.1 Å². The van der Waals surface area contributed by atoms with Crippen LogP contribution < -0.4 is 14.8 Å². The fourth-order valence-corrected chi connectivity index (χ4v) is 3.75. The third-order valence-corrected chi connectivity index (χ3v) is 5.64. The Morgan fingerprint density at radius 3 is 2.51 bits per heavy atom. The monoisotopic (exact) mass is 493 g/mol. The number of benzene rings is 2. The van der Waals surface area contributed by atoms with Crippen molar-refractivity contribution >= 4 is 16.7 Å². The number of rotatable bonds is 11. The molecule has 0 bridgehead atoms. The van der Waals surface area contributed by atoms with E-state index in [-0.39, 0.29) is 11.7 Å². The lowest BCUT2D eigenvalue weighted by Crippen LogP contribution is -2.22. The molecule has 0 saturated heterocycles. The zero-order valence-corrected chi connectivity index (χ0v) is 20.4. The summed E-state index contributed by atoms with van der Waals surface area (Å²) in [4.78, 5) is 8.93. The molecule has 1 unspecified atom stereocenters. The van der Waals surface area contributed by atoms with E-state index in [0.29, 0.717) is 47.1 Å². The Bertz CT molecular complexity index is 1180. The lowest BCUT2D eigenvalue weighted by molar-refractivity contribution is -0.0583. The predicted octanol–water partition coefficient (Wildman–Crippen LogP) is 5.15. The van der Waals surface area contributed by atoms with Crippen LogP contribution in [0.2, 0.25) is 0 Å². The third kappa shape index (κ3) is 5.76. The third-order valence-electron chi connectivity index (χ3n) is 5.64. The number of hydrogen-bond acceptors (Lipinski definition) is 7. The number of aliphatic hydroxyl groups excluding tert-OH is 1. The van der Waals surface area contributed by atoms with Gasteiger partial charge >= 0.3 is 0 Å². The van der Waals surface area contributed by atoms with Gasteiger partial charge in [0.2, 0.25) is 0 Å². The normalized spacial score (nSPS) is 13.5. The second-order valence-corrected chi connectivity index (χ2v) is 8.18. The summed E-state index contributed by atoms with van der Waals surface area (Å²) in [5.41, 5.74) is -0.285. The van der Waals surface area contributed by atoms with Gasteiger partial charge in [-0.15, -0.1) is 0 Å². The molecule has 1 aromatic heterocycles. The molecule has 35 heavy (non-hydrogen) atoms. The molecule has 0 radical (unpaired) electrons. The minimum absolute atomic E-state index is 0.0103. The molecule has 0 aliphatic rings. The molecular weight excluding hydrogens is 463 g/mol. The van der Waals surface area contributed by atoms with Crippen LogP contribution in [-0.4, -0.2) is 48.6 Å². The zero-order valence-electron chi connectivity index (χ0n) is 20.4. The highest BCUT2D eigenvalue weighted by Crippen LogP contribution is 2.37. The van der Waals surface area contributed by atoms with Crippen LogP contribution in [0.4, 0.5) is 19.0 Å². The summed E-state index contributed by atoms with van der Waals surface area (Å²) in [5.74, 6) is -3.01. The molecule has 0 aliphatic heterocycles. The van der Waals surface area contributed by atoms with Crippen molar-refractivity contribution in [2.75, 3.05) is 32.8 Å². The van der Waals surface area contributed by atoms with Crippen LogP contribution in [0.1, 0.15) is 43.3 Å². The Morgan fingerprint density at radius 2 is 1.89 bits per heavy atom. The number of methoxy groups -OCH3 is 2. The summed E-state index contributed by atoms with van der Waals surface area (Å²) >= 11 is 0. The van der Waals surface area contributed by atoms with Crippen LogP contribution in [0.15, 0.2) is 30.3 Å². The van der Waals surface area contributed by atoms with E-state index in [0.717, 1.165) is 6.07 Å². The molecule has 3 aromatic rings. The van der Waals surface area contributed by atoms with Crippen molar-refractivity contribution < 1.29 is 32.5 Å². The number of anilines is 1. The number of aryl methyl sites for hydroxylation is 1. The number of nitrogens with zero attached hydrogens (tertiary/aromatic N) is 2. The smallest absolute Gasteiger partial charge is 0.298 e. The highest BCUT2D eigenvalue weighted by Gasteiger charge is 2.35. The van der Waals surface area contributed by atoms with E-state index in [2.05, 4.69) is 15.3 Å². The average Bonchev–Trinajstić information content (AvgIpc) is 2.83. The van der Waals surface area contributed by atoms with Gasteiger partial charge in [0.1, 0.15) is 30.2 Å². The molecule has 0 aliphatic carbocycles. The van der Waals surface area contributed by atoms with E-state index in [1.807, 2.05) is 6.92 Å². The van der Waals surface area contributed by atoms with Crippen molar-refractivity contribution in [2.45, 2.75) is 45.3 Å². The maximum absolute atomic E-state index is 15.0. The summed E-state index contributed by atoms with van der Waals surface area (Å²) in [5, 5.41) is 12.7. The molecule has 2 atom stereocenters. The van der Waals surface area contributed by atoms with Crippen LogP contribution in [0.3, 0.4) is 0 Å². The lowest BCUT2D eigenvalue weighted by Gasteiger charge is -2.22. The van der Waals surface area contributed by atoms with E-state index in [9.17, 15) is 8.78 Å². The first-order valence-electron chi connectivity index (χ1n) is 11.2. The Morgan fingerprint density at radius 1 is 1.14 bits per heavy atom. The van der Waals surface area contributed by atoms with Gasteiger partial charge in [0, 0.05) is 24.1 Å². The second kappa shape index (κ2) is 11.1. The van der Waals surface area contributed by atoms with Crippen molar-refractivity contribution in [3.8, 4) is 11.5 Å². The van der Waals surface area contributed by atoms with Crippen molar-refractivity contribution in [2.24, 2.45) is 0 Å². The number of hydrogen-bond donors (Lipinski definition) is 2. The maximum Gasteiger partial charge on any atom is 0.298 e. The Balaban J connectivity index is 2.04. The molecule has 1 heterocycles. The topological polar surface area (TPSA) is 85.7 Å². The molecule has 2 aromatic carbocycles. The first kappa shape index (κ1) is 26.5. The highest BCUT2D eigenvalue weighted by atomic mass is 19.3.